The fraction of sp³-hybridized carbons (Fsp3) is 0.545. The lowest BCUT2D eigenvalue weighted by atomic mass is 10.2. The molecule has 1 unspecified atom stereocenters. The highest BCUT2D eigenvalue weighted by Crippen LogP contribution is 2.01. The van der Waals surface area contributed by atoms with Crippen LogP contribution in [0.5, 0.6) is 0 Å². The van der Waals surface area contributed by atoms with Gasteiger partial charge in [-0.2, -0.15) is 0 Å². The average Bonchev–Trinajstić information content (AvgIpc) is 2.72. The van der Waals surface area contributed by atoms with Crippen LogP contribution < -0.4 is 10.6 Å². The van der Waals surface area contributed by atoms with E-state index < -0.39 is 18.0 Å². The van der Waals surface area contributed by atoms with E-state index >= 15 is 0 Å². The highest BCUT2D eigenvalue weighted by atomic mass is 16.5. The zero-order valence-electron chi connectivity index (χ0n) is 10.4. The smallest absolute Gasteiger partial charge is 0.326 e. The van der Waals surface area contributed by atoms with Gasteiger partial charge in [0.1, 0.15) is 6.04 Å². The molecule has 1 heterocycles. The van der Waals surface area contributed by atoms with Gasteiger partial charge in [0, 0.05) is 6.07 Å². The average molecular weight is 255 g/mol. The molecule has 0 aliphatic heterocycles. The molecule has 0 bridgehead atoms. The maximum Gasteiger partial charge on any atom is 0.326 e. The van der Waals surface area contributed by atoms with Gasteiger partial charge in [0.2, 0.25) is 0 Å². The molecule has 0 radical (unpaired) electrons. The van der Waals surface area contributed by atoms with Crippen LogP contribution in [0.4, 0.5) is 4.79 Å². The molecule has 7 heteroatoms. The van der Waals surface area contributed by atoms with Crippen molar-refractivity contribution in [2.24, 2.45) is 0 Å². The Labute approximate surface area is 105 Å². The molecule has 0 aliphatic rings. The lowest BCUT2D eigenvalue weighted by Gasteiger charge is -2.13. The molecule has 2 amide bonds. The van der Waals surface area contributed by atoms with E-state index in [1.807, 2.05) is 6.92 Å². The Kier molecular flexibility index (Phi) is 5.16. The van der Waals surface area contributed by atoms with Gasteiger partial charge in [-0.3, -0.25) is 0 Å². The van der Waals surface area contributed by atoms with Gasteiger partial charge in [-0.05, 0) is 13.3 Å². The number of nitrogens with one attached hydrogen (secondary N) is 2. The fourth-order valence-corrected chi connectivity index (χ4v) is 1.42. The number of aryl methyl sites for hydroxylation is 1. The maximum absolute atomic E-state index is 11.5. The minimum atomic E-state index is -1.04. The molecule has 0 fully saturated rings. The van der Waals surface area contributed by atoms with E-state index in [0.717, 1.165) is 5.69 Å². The number of aromatic nitrogens is 1. The summed E-state index contributed by atoms with van der Waals surface area (Å²) in [5, 5.41) is 17.4. The summed E-state index contributed by atoms with van der Waals surface area (Å²) in [5.74, 6) is -0.521. The molecule has 0 aromatic carbocycles. The van der Waals surface area contributed by atoms with Crippen molar-refractivity contribution in [1.82, 2.24) is 15.8 Å². The number of hydrogen-bond donors (Lipinski definition) is 3. The van der Waals surface area contributed by atoms with Crippen molar-refractivity contribution >= 4 is 12.0 Å². The van der Waals surface area contributed by atoms with Crippen molar-refractivity contribution < 1.29 is 19.2 Å². The van der Waals surface area contributed by atoms with Gasteiger partial charge < -0.3 is 20.3 Å². The Morgan fingerprint density at radius 3 is 2.78 bits per heavy atom. The number of aliphatic carboxylic acids is 1. The third-order valence-corrected chi connectivity index (χ3v) is 2.28. The van der Waals surface area contributed by atoms with Crippen molar-refractivity contribution in [1.29, 1.82) is 0 Å². The van der Waals surface area contributed by atoms with Gasteiger partial charge in [-0.1, -0.05) is 18.5 Å². The summed E-state index contributed by atoms with van der Waals surface area (Å²) >= 11 is 0. The monoisotopic (exact) mass is 255 g/mol. The number of carboxylic acids is 1. The van der Waals surface area contributed by atoms with Gasteiger partial charge in [-0.25, -0.2) is 9.59 Å². The fourth-order valence-electron chi connectivity index (χ4n) is 1.42. The van der Waals surface area contributed by atoms with Crippen LogP contribution >= 0.6 is 0 Å². The first-order valence-corrected chi connectivity index (χ1v) is 5.72. The largest absolute Gasteiger partial charge is 0.480 e. The van der Waals surface area contributed by atoms with Crippen LogP contribution in [0.2, 0.25) is 0 Å². The van der Waals surface area contributed by atoms with Crippen LogP contribution in [0, 0.1) is 6.92 Å². The van der Waals surface area contributed by atoms with Gasteiger partial charge >= 0.3 is 12.0 Å². The summed E-state index contributed by atoms with van der Waals surface area (Å²) < 4.78 is 4.91. The van der Waals surface area contributed by atoms with Crippen LogP contribution in [0.3, 0.4) is 0 Å². The zero-order valence-corrected chi connectivity index (χ0v) is 10.4. The van der Waals surface area contributed by atoms with E-state index in [-0.39, 0.29) is 6.54 Å². The molecule has 1 rings (SSSR count). The molecule has 0 saturated carbocycles. The maximum atomic E-state index is 11.5. The molecule has 0 spiro atoms. The quantitative estimate of drug-likeness (QED) is 0.704. The normalized spacial score (nSPS) is 11.9. The molecule has 18 heavy (non-hydrogen) atoms. The second-order valence-corrected chi connectivity index (χ2v) is 3.94. The van der Waals surface area contributed by atoms with Crippen LogP contribution in [-0.2, 0) is 11.3 Å². The Morgan fingerprint density at radius 1 is 1.56 bits per heavy atom. The van der Waals surface area contributed by atoms with E-state index in [1.54, 1.807) is 13.0 Å². The molecule has 1 atom stereocenters. The predicted molar refractivity (Wildman–Crippen MR) is 62.9 cm³/mol. The lowest BCUT2D eigenvalue weighted by molar-refractivity contribution is -0.139. The van der Waals surface area contributed by atoms with E-state index in [9.17, 15) is 9.59 Å². The molecular weight excluding hydrogens is 238 g/mol. The van der Waals surface area contributed by atoms with Crippen molar-refractivity contribution in [3.63, 3.8) is 0 Å². The van der Waals surface area contributed by atoms with Crippen LogP contribution in [0.15, 0.2) is 10.6 Å². The number of carbonyl (C=O) groups is 2. The topological polar surface area (TPSA) is 104 Å². The van der Waals surface area contributed by atoms with E-state index in [4.69, 9.17) is 9.63 Å². The minimum Gasteiger partial charge on any atom is -0.480 e. The number of amides is 2. The second-order valence-electron chi connectivity index (χ2n) is 3.94. The van der Waals surface area contributed by atoms with Gasteiger partial charge in [-0.15, -0.1) is 0 Å². The summed E-state index contributed by atoms with van der Waals surface area (Å²) in [6.45, 7) is 3.80. The first-order valence-electron chi connectivity index (χ1n) is 5.72. The summed E-state index contributed by atoms with van der Waals surface area (Å²) in [7, 11) is 0. The first-order chi connectivity index (χ1) is 8.52. The summed E-state index contributed by atoms with van der Waals surface area (Å²) in [5.41, 5.74) is 0.724. The number of nitrogens with zero attached hydrogens (tertiary/aromatic N) is 1. The van der Waals surface area contributed by atoms with Crippen LogP contribution in [0.1, 0.15) is 31.2 Å². The van der Waals surface area contributed by atoms with Gasteiger partial charge in [0.15, 0.2) is 5.76 Å². The second kappa shape index (κ2) is 6.63. The summed E-state index contributed by atoms with van der Waals surface area (Å²) in [4.78, 5) is 22.3. The predicted octanol–water partition coefficient (Wildman–Crippen LogP) is 1.04. The standard InChI is InChI=1S/C11H17N3O4/c1-3-4-9(10(15)16)13-11(17)12-6-8-5-7(2)14-18-8/h5,9H,3-4,6H2,1-2H3,(H,15,16)(H2,12,13,17). The molecule has 0 aliphatic carbocycles. The number of rotatable bonds is 6. The minimum absolute atomic E-state index is 0.172. The van der Waals surface area contributed by atoms with Crippen LogP contribution in [0.25, 0.3) is 0 Å². The number of urea groups is 1. The van der Waals surface area contributed by atoms with Crippen molar-refractivity contribution in [3.8, 4) is 0 Å². The molecule has 1 aromatic heterocycles. The Balaban J connectivity index is 2.38. The zero-order chi connectivity index (χ0) is 13.5. The lowest BCUT2D eigenvalue weighted by Crippen LogP contribution is -2.45. The van der Waals surface area contributed by atoms with E-state index in [0.29, 0.717) is 18.6 Å². The van der Waals surface area contributed by atoms with Gasteiger partial charge in [0.05, 0.1) is 12.2 Å². The molecule has 3 N–H and O–H groups in total. The first kappa shape index (κ1) is 14.0. The van der Waals surface area contributed by atoms with Crippen LogP contribution in [-0.4, -0.2) is 28.3 Å². The Morgan fingerprint density at radius 2 is 2.28 bits per heavy atom. The Hall–Kier alpha value is -2.05. The number of hydrogen-bond acceptors (Lipinski definition) is 4. The Bertz CT molecular complexity index is 416. The van der Waals surface area contributed by atoms with E-state index in [1.165, 1.54) is 0 Å². The molecule has 0 saturated heterocycles. The van der Waals surface area contributed by atoms with Crippen molar-refractivity contribution in [3.05, 3.63) is 17.5 Å². The summed E-state index contributed by atoms with van der Waals surface area (Å²) in [6, 6.07) is 0.289. The summed E-state index contributed by atoms with van der Waals surface area (Å²) in [6.07, 6.45) is 1.07. The number of carboxylic acid groups (broad SMARTS) is 1. The van der Waals surface area contributed by atoms with Crippen molar-refractivity contribution in [2.75, 3.05) is 0 Å². The third-order valence-electron chi connectivity index (χ3n) is 2.28. The van der Waals surface area contributed by atoms with Gasteiger partial charge in [0.25, 0.3) is 0 Å². The number of carbonyl (C=O) groups excluding carboxylic acids is 1. The molecule has 1 aromatic rings. The van der Waals surface area contributed by atoms with E-state index in [2.05, 4.69) is 15.8 Å². The third kappa shape index (κ3) is 4.44. The van der Waals surface area contributed by atoms with Crippen molar-refractivity contribution in [2.45, 2.75) is 39.3 Å². The SMILES string of the molecule is CCCC(NC(=O)NCc1cc(C)no1)C(=O)O. The molecular formula is C11H17N3O4. The molecule has 7 nitrogen and oxygen atoms in total. The highest BCUT2D eigenvalue weighted by Gasteiger charge is 2.18. The molecule has 100 valence electrons. The highest BCUT2D eigenvalue weighted by molar-refractivity contribution is 5.82.